The van der Waals surface area contributed by atoms with Crippen molar-refractivity contribution < 1.29 is 23.8 Å². The van der Waals surface area contributed by atoms with Crippen LogP contribution in [0.25, 0.3) is 12.2 Å². The zero-order chi connectivity index (χ0) is 15.5. The van der Waals surface area contributed by atoms with Gasteiger partial charge in [0.25, 0.3) is 0 Å². The van der Waals surface area contributed by atoms with Crippen molar-refractivity contribution in [2.24, 2.45) is 0 Å². The van der Waals surface area contributed by atoms with Crippen molar-refractivity contribution in [2.75, 3.05) is 0 Å². The molecule has 0 spiro atoms. The van der Waals surface area contributed by atoms with E-state index in [1.54, 1.807) is 36.4 Å². The molecule has 1 aliphatic rings. The highest BCUT2D eigenvalue weighted by molar-refractivity contribution is 6.15. The minimum absolute atomic E-state index is 0.0242. The van der Waals surface area contributed by atoms with Crippen molar-refractivity contribution in [3.63, 3.8) is 0 Å². The summed E-state index contributed by atoms with van der Waals surface area (Å²) in [6.07, 6.45) is 4.72. The molecule has 2 aromatic heterocycles. The molecule has 0 aliphatic heterocycles. The molecular weight excluding hydrogens is 284 g/mol. The van der Waals surface area contributed by atoms with Gasteiger partial charge < -0.3 is 19.0 Å². The van der Waals surface area contributed by atoms with Gasteiger partial charge >= 0.3 is 0 Å². The molecule has 5 heteroatoms. The molecule has 5 nitrogen and oxygen atoms in total. The van der Waals surface area contributed by atoms with Crippen molar-refractivity contribution in [1.82, 2.24) is 0 Å². The Hall–Kier alpha value is -2.37. The number of hydrogen-bond donors (Lipinski definition) is 2. The number of rotatable bonds is 4. The van der Waals surface area contributed by atoms with E-state index in [1.165, 1.54) is 0 Å². The Kier molecular flexibility index (Phi) is 4.09. The van der Waals surface area contributed by atoms with Gasteiger partial charge in [0.05, 0.1) is 0 Å². The van der Waals surface area contributed by atoms with Crippen LogP contribution in [0.3, 0.4) is 0 Å². The van der Waals surface area contributed by atoms with Crippen LogP contribution in [0.1, 0.15) is 35.9 Å². The predicted octanol–water partition coefficient (Wildman–Crippen LogP) is 2.69. The van der Waals surface area contributed by atoms with E-state index in [1.807, 2.05) is 0 Å². The molecule has 2 N–H and O–H groups in total. The van der Waals surface area contributed by atoms with E-state index in [9.17, 15) is 4.79 Å². The minimum Gasteiger partial charge on any atom is -0.459 e. The van der Waals surface area contributed by atoms with E-state index in [2.05, 4.69) is 0 Å². The molecule has 114 valence electrons. The van der Waals surface area contributed by atoms with Crippen molar-refractivity contribution in [1.29, 1.82) is 0 Å². The first kappa shape index (κ1) is 14.6. The van der Waals surface area contributed by atoms with Gasteiger partial charge in [0.2, 0.25) is 0 Å². The largest absolute Gasteiger partial charge is 0.459 e. The van der Waals surface area contributed by atoms with Crippen molar-refractivity contribution >= 4 is 17.9 Å². The lowest BCUT2D eigenvalue weighted by Gasteiger charge is -1.94. The molecule has 1 saturated carbocycles. The van der Waals surface area contributed by atoms with Gasteiger partial charge in [-0.15, -0.1) is 0 Å². The summed E-state index contributed by atoms with van der Waals surface area (Å²) in [5.41, 5.74) is 1.36. The first-order valence-electron chi connectivity index (χ1n) is 7.04. The highest BCUT2D eigenvalue weighted by Gasteiger charge is 2.23. The maximum absolute atomic E-state index is 12.3. The van der Waals surface area contributed by atoms with E-state index in [0.717, 1.165) is 0 Å². The van der Waals surface area contributed by atoms with Crippen LogP contribution in [0.4, 0.5) is 0 Å². The van der Waals surface area contributed by atoms with E-state index >= 15 is 0 Å². The molecule has 0 radical (unpaired) electrons. The fourth-order valence-corrected chi connectivity index (χ4v) is 2.44. The van der Waals surface area contributed by atoms with Crippen LogP contribution < -0.4 is 0 Å². The molecule has 3 rings (SSSR count). The predicted molar refractivity (Wildman–Crippen MR) is 79.5 cm³/mol. The van der Waals surface area contributed by atoms with E-state index in [0.29, 0.717) is 47.0 Å². The van der Waals surface area contributed by atoms with Crippen molar-refractivity contribution in [3.05, 3.63) is 58.5 Å². The third-order valence-electron chi connectivity index (χ3n) is 3.56. The molecule has 0 bridgehead atoms. The topological polar surface area (TPSA) is 83.8 Å². The number of carbonyl (C=O) groups is 1. The minimum atomic E-state index is -0.159. The summed E-state index contributed by atoms with van der Waals surface area (Å²) in [5.74, 6) is 2.05. The third-order valence-corrected chi connectivity index (χ3v) is 3.56. The monoisotopic (exact) mass is 300 g/mol. The standard InChI is InChI=1S/C17H16O5/c18-9-15-5-3-13(21-15)7-11-1-2-12(17(11)20)8-14-4-6-16(10-19)22-14/h3-8,18-19H,1-2,9-10H2/b11-7+,12-8+. The fourth-order valence-electron chi connectivity index (χ4n) is 2.44. The highest BCUT2D eigenvalue weighted by atomic mass is 16.4. The zero-order valence-electron chi connectivity index (χ0n) is 11.9. The van der Waals surface area contributed by atoms with Gasteiger partial charge in [0, 0.05) is 11.1 Å². The molecule has 0 saturated heterocycles. The Morgan fingerprint density at radius 3 is 1.68 bits per heavy atom. The number of allylic oxidation sites excluding steroid dienone is 2. The van der Waals surface area contributed by atoms with Crippen molar-refractivity contribution in [2.45, 2.75) is 26.1 Å². The summed E-state index contributed by atoms with van der Waals surface area (Å²) in [6, 6.07) is 6.82. The van der Waals surface area contributed by atoms with Gasteiger partial charge in [-0.25, -0.2) is 0 Å². The molecule has 22 heavy (non-hydrogen) atoms. The van der Waals surface area contributed by atoms with Crippen LogP contribution in [0.2, 0.25) is 0 Å². The zero-order valence-corrected chi connectivity index (χ0v) is 11.9. The average molecular weight is 300 g/mol. The van der Waals surface area contributed by atoms with E-state index in [4.69, 9.17) is 19.0 Å². The summed E-state index contributed by atoms with van der Waals surface area (Å²) in [4.78, 5) is 12.3. The van der Waals surface area contributed by atoms with Gasteiger partial charge in [0.1, 0.15) is 36.3 Å². The molecule has 1 fully saturated rings. The molecule has 2 heterocycles. The summed E-state index contributed by atoms with van der Waals surface area (Å²) >= 11 is 0. The number of aliphatic hydroxyl groups is 2. The molecule has 0 amide bonds. The second kappa shape index (κ2) is 6.17. The maximum atomic E-state index is 12.3. The Morgan fingerprint density at radius 2 is 1.32 bits per heavy atom. The molecule has 0 unspecified atom stereocenters. The SMILES string of the molecule is O=C1/C(=C/c2ccc(CO)o2)CC/C1=C\c1ccc(CO)o1. The van der Waals surface area contributed by atoms with E-state index < -0.39 is 0 Å². The molecular formula is C17H16O5. The van der Waals surface area contributed by atoms with Crippen LogP contribution in [-0.4, -0.2) is 16.0 Å². The van der Waals surface area contributed by atoms with Gasteiger partial charge in [0.15, 0.2) is 5.78 Å². The van der Waals surface area contributed by atoms with Crippen LogP contribution in [0, 0.1) is 0 Å². The fraction of sp³-hybridized carbons (Fsp3) is 0.235. The van der Waals surface area contributed by atoms with Crippen LogP contribution in [-0.2, 0) is 18.0 Å². The summed E-state index contributed by atoms with van der Waals surface area (Å²) in [5, 5.41) is 17.9. The number of hydrogen-bond acceptors (Lipinski definition) is 5. The van der Waals surface area contributed by atoms with Crippen LogP contribution in [0.15, 0.2) is 44.2 Å². The van der Waals surface area contributed by atoms with Gasteiger partial charge in [-0.3, -0.25) is 4.79 Å². The number of ketones is 1. The summed E-state index contributed by atoms with van der Waals surface area (Å²) in [7, 11) is 0. The molecule has 1 aliphatic carbocycles. The average Bonchev–Trinajstić information content (AvgIpc) is 3.24. The van der Waals surface area contributed by atoms with Gasteiger partial charge in [-0.2, -0.15) is 0 Å². The first-order valence-corrected chi connectivity index (χ1v) is 7.04. The summed E-state index contributed by atoms with van der Waals surface area (Å²) < 4.78 is 10.7. The second-order valence-electron chi connectivity index (χ2n) is 5.09. The second-order valence-corrected chi connectivity index (χ2v) is 5.09. The Labute approximate surface area is 127 Å². The number of Topliss-reactive ketones (excluding diaryl/α,β-unsaturated/α-hetero) is 1. The van der Waals surface area contributed by atoms with Crippen LogP contribution in [0.5, 0.6) is 0 Å². The molecule has 2 aromatic rings. The Morgan fingerprint density at radius 1 is 0.864 bits per heavy atom. The third kappa shape index (κ3) is 2.95. The normalized spacial score (nSPS) is 18.7. The number of carbonyl (C=O) groups excluding carboxylic acids is 1. The van der Waals surface area contributed by atoms with E-state index in [-0.39, 0.29) is 19.0 Å². The maximum Gasteiger partial charge on any atom is 0.185 e. The van der Waals surface area contributed by atoms with Gasteiger partial charge in [-0.1, -0.05) is 0 Å². The smallest absolute Gasteiger partial charge is 0.185 e. The number of furan rings is 2. The molecule has 0 aromatic carbocycles. The first-order chi connectivity index (χ1) is 10.7. The lowest BCUT2D eigenvalue weighted by molar-refractivity contribution is -0.111. The Balaban J connectivity index is 1.79. The van der Waals surface area contributed by atoms with Crippen LogP contribution >= 0.6 is 0 Å². The Bertz CT molecular complexity index is 682. The molecule has 0 atom stereocenters. The lowest BCUT2D eigenvalue weighted by atomic mass is 10.1. The van der Waals surface area contributed by atoms with Crippen molar-refractivity contribution in [3.8, 4) is 0 Å². The highest BCUT2D eigenvalue weighted by Crippen LogP contribution is 2.30. The summed E-state index contributed by atoms with van der Waals surface area (Å²) in [6.45, 7) is -0.318. The number of aliphatic hydroxyl groups excluding tert-OH is 2. The van der Waals surface area contributed by atoms with Gasteiger partial charge in [-0.05, 0) is 49.3 Å². The quantitative estimate of drug-likeness (QED) is 0.848. The lowest BCUT2D eigenvalue weighted by Crippen LogP contribution is -1.95.